The van der Waals surface area contributed by atoms with E-state index in [4.69, 9.17) is 14.2 Å². The van der Waals surface area contributed by atoms with Crippen molar-refractivity contribution in [3.63, 3.8) is 0 Å². The molecule has 3 heterocycles. The molecule has 1 atom stereocenters. The maximum Gasteiger partial charge on any atom is 0.338 e. The van der Waals surface area contributed by atoms with E-state index in [-0.39, 0.29) is 18.8 Å². The Morgan fingerprint density at radius 3 is 2.72 bits per heavy atom. The number of fused-ring (bicyclic) bond motifs is 1. The first kappa shape index (κ1) is 22.2. The number of para-hydroxylation sites is 1. The van der Waals surface area contributed by atoms with Gasteiger partial charge in [-0.25, -0.2) is 9.79 Å². The summed E-state index contributed by atoms with van der Waals surface area (Å²) in [5.41, 5.74) is 1.28. The molecule has 0 spiro atoms. The van der Waals surface area contributed by atoms with Gasteiger partial charge >= 0.3 is 5.97 Å². The van der Waals surface area contributed by atoms with Crippen molar-refractivity contribution in [3.8, 4) is 5.75 Å². The van der Waals surface area contributed by atoms with Crippen LogP contribution in [0.25, 0.3) is 6.08 Å². The van der Waals surface area contributed by atoms with Gasteiger partial charge in [-0.1, -0.05) is 35.6 Å². The second-order valence-electron chi connectivity index (χ2n) is 6.97. The van der Waals surface area contributed by atoms with Gasteiger partial charge < -0.3 is 14.2 Å². The first-order valence-electron chi connectivity index (χ1n) is 9.90. The molecule has 1 aromatic carbocycles. The Kier molecular flexibility index (Phi) is 6.69. The quantitative estimate of drug-likeness (QED) is 0.392. The van der Waals surface area contributed by atoms with Gasteiger partial charge in [0.2, 0.25) is 0 Å². The molecule has 0 bridgehead atoms. The minimum atomic E-state index is -0.720. The van der Waals surface area contributed by atoms with Gasteiger partial charge in [-0.3, -0.25) is 9.36 Å². The molecule has 1 aliphatic heterocycles. The summed E-state index contributed by atoms with van der Waals surface area (Å²) in [5, 5.41) is 1.96. The Labute approximate surface area is 192 Å². The molecular formula is C23H22N2O5S2. The summed E-state index contributed by atoms with van der Waals surface area (Å²) in [5.74, 6) is 0.0361. The molecule has 0 fully saturated rings. The highest BCUT2D eigenvalue weighted by molar-refractivity contribution is 7.11. The Morgan fingerprint density at radius 1 is 1.19 bits per heavy atom. The predicted octanol–water partition coefficient (Wildman–Crippen LogP) is 2.49. The molecule has 32 heavy (non-hydrogen) atoms. The largest absolute Gasteiger partial charge is 0.496 e. The smallest absolute Gasteiger partial charge is 0.338 e. The summed E-state index contributed by atoms with van der Waals surface area (Å²) < 4.78 is 18.1. The van der Waals surface area contributed by atoms with Gasteiger partial charge in [-0.2, -0.15) is 0 Å². The van der Waals surface area contributed by atoms with Gasteiger partial charge in [0.1, 0.15) is 18.4 Å². The zero-order valence-corrected chi connectivity index (χ0v) is 19.5. The molecule has 0 aliphatic carbocycles. The number of thiophene rings is 1. The number of hydrogen-bond donors (Lipinski definition) is 0. The number of carbonyl (C=O) groups is 1. The van der Waals surface area contributed by atoms with E-state index in [2.05, 4.69) is 4.99 Å². The molecule has 0 saturated carbocycles. The first-order chi connectivity index (χ1) is 15.5. The predicted molar refractivity (Wildman–Crippen MR) is 124 cm³/mol. The van der Waals surface area contributed by atoms with E-state index in [0.29, 0.717) is 31.9 Å². The molecule has 4 rings (SSSR count). The van der Waals surface area contributed by atoms with Gasteiger partial charge in [-0.05, 0) is 30.5 Å². The number of aromatic nitrogens is 1. The number of thiazole rings is 1. The van der Waals surface area contributed by atoms with E-state index in [0.717, 1.165) is 4.88 Å². The van der Waals surface area contributed by atoms with Crippen LogP contribution in [0.15, 0.2) is 62.8 Å². The lowest BCUT2D eigenvalue weighted by atomic mass is 9.95. The zero-order chi connectivity index (χ0) is 22.7. The number of allylic oxidation sites excluding steroid dienone is 1. The fourth-order valence-electron chi connectivity index (χ4n) is 3.57. The van der Waals surface area contributed by atoms with Gasteiger partial charge in [0.25, 0.3) is 5.56 Å². The molecule has 0 radical (unpaired) electrons. The maximum absolute atomic E-state index is 13.5. The minimum Gasteiger partial charge on any atom is -0.496 e. The van der Waals surface area contributed by atoms with Crippen molar-refractivity contribution in [2.24, 2.45) is 4.99 Å². The van der Waals surface area contributed by atoms with E-state index in [1.165, 1.54) is 18.4 Å². The van der Waals surface area contributed by atoms with Gasteiger partial charge in [0.15, 0.2) is 4.80 Å². The standard InChI is InChI=1S/C23H22N2O5S2/c1-14-19(22(27)30-11-10-28-2)20(16-8-4-5-9-17(16)29-3)25-21(26)18(32-23(25)24-14)13-15-7-6-12-31-15/h4-9,12-13,20H,10-11H2,1-3H3. The number of rotatable bonds is 7. The van der Waals surface area contributed by atoms with Crippen LogP contribution in [0.4, 0.5) is 0 Å². The highest BCUT2D eigenvalue weighted by atomic mass is 32.1. The monoisotopic (exact) mass is 470 g/mol. The second-order valence-corrected chi connectivity index (χ2v) is 8.96. The van der Waals surface area contributed by atoms with Crippen molar-refractivity contribution in [1.29, 1.82) is 0 Å². The fraction of sp³-hybridized carbons (Fsp3) is 0.261. The third-order valence-electron chi connectivity index (χ3n) is 5.01. The van der Waals surface area contributed by atoms with Crippen molar-refractivity contribution in [2.75, 3.05) is 27.4 Å². The number of methoxy groups -OCH3 is 2. The molecule has 0 saturated heterocycles. The summed E-state index contributed by atoms with van der Waals surface area (Å²) in [6.45, 7) is 2.14. The molecule has 166 valence electrons. The summed E-state index contributed by atoms with van der Waals surface area (Å²) in [6, 6.07) is 10.5. The molecule has 0 amide bonds. The van der Waals surface area contributed by atoms with Crippen LogP contribution < -0.4 is 19.6 Å². The van der Waals surface area contributed by atoms with Crippen molar-refractivity contribution < 1.29 is 19.0 Å². The second kappa shape index (κ2) is 9.64. The lowest BCUT2D eigenvalue weighted by Crippen LogP contribution is -2.40. The molecule has 9 heteroatoms. The summed E-state index contributed by atoms with van der Waals surface area (Å²) in [7, 11) is 3.10. The number of benzene rings is 1. The SMILES string of the molecule is COCCOC(=O)C1=C(C)N=c2sc(=Cc3cccs3)c(=O)n2C1c1ccccc1OC. The lowest BCUT2D eigenvalue weighted by molar-refractivity contribution is -0.140. The third kappa shape index (κ3) is 4.19. The molecule has 1 aliphatic rings. The van der Waals surface area contributed by atoms with E-state index < -0.39 is 12.0 Å². The van der Waals surface area contributed by atoms with Crippen molar-refractivity contribution in [2.45, 2.75) is 13.0 Å². The summed E-state index contributed by atoms with van der Waals surface area (Å²) >= 11 is 2.85. The van der Waals surface area contributed by atoms with Crippen molar-refractivity contribution in [1.82, 2.24) is 4.57 Å². The normalized spacial score (nSPS) is 16.0. The van der Waals surface area contributed by atoms with Crippen LogP contribution >= 0.6 is 22.7 Å². The summed E-state index contributed by atoms with van der Waals surface area (Å²) in [6.07, 6.45) is 1.85. The minimum absolute atomic E-state index is 0.105. The highest BCUT2D eigenvalue weighted by Gasteiger charge is 2.35. The molecule has 7 nitrogen and oxygen atoms in total. The van der Waals surface area contributed by atoms with Crippen LogP contribution in [-0.2, 0) is 14.3 Å². The number of nitrogens with zero attached hydrogens (tertiary/aromatic N) is 2. The van der Waals surface area contributed by atoms with Crippen LogP contribution in [0.3, 0.4) is 0 Å². The lowest BCUT2D eigenvalue weighted by Gasteiger charge is -2.26. The molecular weight excluding hydrogens is 448 g/mol. The van der Waals surface area contributed by atoms with Crippen LogP contribution in [0.1, 0.15) is 23.4 Å². The van der Waals surface area contributed by atoms with E-state index in [1.54, 1.807) is 36.0 Å². The first-order valence-corrected chi connectivity index (χ1v) is 11.6. The Morgan fingerprint density at radius 2 is 2.00 bits per heavy atom. The Bertz CT molecular complexity index is 1340. The zero-order valence-electron chi connectivity index (χ0n) is 17.9. The van der Waals surface area contributed by atoms with E-state index in [1.807, 2.05) is 41.8 Å². The topological polar surface area (TPSA) is 79.1 Å². The summed E-state index contributed by atoms with van der Waals surface area (Å²) in [4.78, 5) is 32.7. The molecule has 0 N–H and O–H groups in total. The number of hydrogen-bond acceptors (Lipinski definition) is 8. The van der Waals surface area contributed by atoms with Crippen LogP contribution in [0, 0.1) is 0 Å². The average Bonchev–Trinajstić information content (AvgIpc) is 3.41. The molecule has 1 unspecified atom stereocenters. The molecule has 2 aromatic heterocycles. The highest BCUT2D eigenvalue weighted by Crippen LogP contribution is 2.35. The third-order valence-corrected chi connectivity index (χ3v) is 6.81. The van der Waals surface area contributed by atoms with Crippen molar-refractivity contribution in [3.05, 3.63) is 83.2 Å². The fourth-order valence-corrected chi connectivity index (χ4v) is 5.34. The number of esters is 1. The number of carbonyl (C=O) groups excluding carboxylic acids is 1. The van der Waals surface area contributed by atoms with Gasteiger partial charge in [-0.15, -0.1) is 11.3 Å². The number of ether oxygens (including phenoxy) is 3. The van der Waals surface area contributed by atoms with Crippen LogP contribution in [0.2, 0.25) is 0 Å². The van der Waals surface area contributed by atoms with E-state index >= 15 is 0 Å². The Balaban J connectivity index is 1.93. The maximum atomic E-state index is 13.5. The Hall–Kier alpha value is -3.01. The van der Waals surface area contributed by atoms with Crippen LogP contribution in [-0.4, -0.2) is 38.0 Å². The average molecular weight is 471 g/mol. The van der Waals surface area contributed by atoms with E-state index in [9.17, 15) is 9.59 Å². The van der Waals surface area contributed by atoms with Crippen LogP contribution in [0.5, 0.6) is 5.75 Å². The van der Waals surface area contributed by atoms with Gasteiger partial charge in [0.05, 0.1) is 29.5 Å². The van der Waals surface area contributed by atoms with Gasteiger partial charge in [0, 0.05) is 17.6 Å². The molecule has 3 aromatic rings. The van der Waals surface area contributed by atoms with Crippen molar-refractivity contribution >= 4 is 34.7 Å².